The third kappa shape index (κ3) is 5.68. The number of aliphatic hydroxyl groups excluding tert-OH is 3. The van der Waals surface area contributed by atoms with Crippen LogP contribution in [-0.4, -0.2) is 62.0 Å². The highest BCUT2D eigenvalue weighted by molar-refractivity contribution is 7.51. The van der Waals surface area contributed by atoms with E-state index in [0.29, 0.717) is 5.75 Å². The third-order valence-electron chi connectivity index (χ3n) is 5.15. The lowest BCUT2D eigenvalue weighted by Gasteiger charge is -2.40. The van der Waals surface area contributed by atoms with Crippen LogP contribution in [0, 0.1) is 0 Å². The van der Waals surface area contributed by atoms with Gasteiger partial charge in [0, 0.05) is 0 Å². The van der Waals surface area contributed by atoms with Crippen LogP contribution in [0.15, 0.2) is 48.5 Å². The van der Waals surface area contributed by atoms with Crippen molar-refractivity contribution in [2.45, 2.75) is 50.5 Å². The van der Waals surface area contributed by atoms with Crippen molar-refractivity contribution in [3.8, 4) is 16.9 Å². The maximum Gasteiger partial charge on any atom is 0.325 e. The van der Waals surface area contributed by atoms with E-state index in [4.69, 9.17) is 19.3 Å². The topological polar surface area (TPSA) is 137 Å². The molecule has 1 fully saturated rings. The molecule has 5 N–H and O–H groups in total. The highest BCUT2D eigenvalue weighted by atomic mass is 31.2. The molecule has 1 aliphatic rings. The first-order valence-electron chi connectivity index (χ1n) is 9.78. The van der Waals surface area contributed by atoms with Crippen LogP contribution in [0.1, 0.15) is 18.9 Å². The monoisotopic (exact) mass is 438 g/mol. The van der Waals surface area contributed by atoms with Gasteiger partial charge in [-0.05, 0) is 41.7 Å². The molecule has 0 amide bonds. The van der Waals surface area contributed by atoms with Gasteiger partial charge in [0.15, 0.2) is 0 Å². The Kier molecular flexibility index (Phi) is 7.31. The van der Waals surface area contributed by atoms with Crippen LogP contribution in [0.4, 0.5) is 0 Å². The number of benzene rings is 2. The Labute approximate surface area is 174 Å². The summed E-state index contributed by atoms with van der Waals surface area (Å²) in [4.78, 5) is 18.1. The third-order valence-corrected chi connectivity index (χ3v) is 5.99. The van der Waals surface area contributed by atoms with Crippen LogP contribution in [0.2, 0.25) is 0 Å². The summed E-state index contributed by atoms with van der Waals surface area (Å²) in [5.74, 6) is 0.381. The van der Waals surface area contributed by atoms with E-state index in [9.17, 15) is 19.9 Å². The second-order valence-corrected chi connectivity index (χ2v) is 9.16. The van der Waals surface area contributed by atoms with Gasteiger partial charge >= 0.3 is 7.60 Å². The molecule has 1 saturated heterocycles. The Morgan fingerprint density at radius 2 is 1.67 bits per heavy atom. The van der Waals surface area contributed by atoms with Gasteiger partial charge in [0.05, 0.1) is 12.3 Å². The standard InChI is InChI=1S/C21H27O8P/c1-2-13-4-3-5-15(12-13)14-6-8-16(9-7-14)28-21-20(24)19(23)18(22)17(29-21)10-11-30(25,26)27/h3-9,12,17-24H,2,10-11H2,1H3,(H2,25,26,27)/t17-,18-,19+,20+,21+/m1/s1. The molecule has 0 bridgehead atoms. The van der Waals surface area contributed by atoms with Crippen LogP contribution in [0.3, 0.4) is 0 Å². The summed E-state index contributed by atoms with van der Waals surface area (Å²) in [6.45, 7) is 2.09. The van der Waals surface area contributed by atoms with Crippen LogP contribution in [-0.2, 0) is 15.7 Å². The van der Waals surface area contributed by atoms with Gasteiger partial charge in [0.25, 0.3) is 0 Å². The molecule has 0 unspecified atom stereocenters. The summed E-state index contributed by atoms with van der Waals surface area (Å²) in [6, 6.07) is 15.3. The number of hydrogen-bond acceptors (Lipinski definition) is 6. The molecule has 2 aromatic rings. The number of ether oxygens (including phenoxy) is 2. The van der Waals surface area contributed by atoms with Crippen molar-refractivity contribution in [3.63, 3.8) is 0 Å². The number of aryl methyl sites for hydroxylation is 1. The van der Waals surface area contributed by atoms with Gasteiger partial charge in [0.1, 0.15) is 24.1 Å². The van der Waals surface area contributed by atoms with E-state index in [0.717, 1.165) is 17.5 Å². The molecular formula is C21H27O8P. The van der Waals surface area contributed by atoms with Crippen molar-refractivity contribution in [2.75, 3.05) is 6.16 Å². The van der Waals surface area contributed by atoms with Crippen LogP contribution >= 0.6 is 7.60 Å². The Morgan fingerprint density at radius 3 is 2.30 bits per heavy atom. The van der Waals surface area contributed by atoms with E-state index in [1.54, 1.807) is 12.1 Å². The van der Waals surface area contributed by atoms with Gasteiger partial charge < -0.3 is 34.6 Å². The van der Waals surface area contributed by atoms with Gasteiger partial charge in [0.2, 0.25) is 6.29 Å². The second kappa shape index (κ2) is 9.58. The number of hydrogen-bond donors (Lipinski definition) is 5. The molecule has 0 aliphatic carbocycles. The van der Waals surface area contributed by atoms with Crippen molar-refractivity contribution in [2.24, 2.45) is 0 Å². The Balaban J connectivity index is 1.70. The first kappa shape index (κ1) is 22.9. The lowest BCUT2D eigenvalue weighted by molar-refractivity contribution is -0.272. The fourth-order valence-corrected chi connectivity index (χ4v) is 3.97. The molecule has 3 rings (SSSR count). The fourth-order valence-electron chi connectivity index (χ4n) is 3.38. The molecular weight excluding hydrogens is 411 g/mol. The summed E-state index contributed by atoms with van der Waals surface area (Å²) in [5, 5.41) is 30.3. The number of rotatable bonds is 7. The minimum absolute atomic E-state index is 0.193. The molecule has 1 aliphatic heterocycles. The first-order valence-corrected chi connectivity index (χ1v) is 11.6. The van der Waals surface area contributed by atoms with E-state index in [2.05, 4.69) is 19.1 Å². The normalized spacial score (nSPS) is 27.1. The minimum Gasteiger partial charge on any atom is -0.462 e. The lowest BCUT2D eigenvalue weighted by Crippen LogP contribution is -2.59. The van der Waals surface area contributed by atoms with Gasteiger partial charge in [-0.25, -0.2) is 0 Å². The van der Waals surface area contributed by atoms with Gasteiger partial charge in [-0.3, -0.25) is 4.57 Å². The molecule has 1 heterocycles. The van der Waals surface area contributed by atoms with Crippen LogP contribution in [0.25, 0.3) is 11.1 Å². The largest absolute Gasteiger partial charge is 0.462 e. The summed E-state index contributed by atoms with van der Waals surface area (Å²) >= 11 is 0. The van der Waals surface area contributed by atoms with Crippen molar-refractivity contribution >= 4 is 7.60 Å². The summed E-state index contributed by atoms with van der Waals surface area (Å²) < 4.78 is 22.2. The first-order chi connectivity index (χ1) is 14.2. The van der Waals surface area contributed by atoms with E-state index in [1.165, 1.54) is 5.56 Å². The molecule has 9 heteroatoms. The zero-order valence-corrected chi connectivity index (χ0v) is 17.4. The predicted molar refractivity (Wildman–Crippen MR) is 110 cm³/mol. The predicted octanol–water partition coefficient (Wildman–Crippen LogP) is 1.67. The molecule has 2 aromatic carbocycles. The molecule has 8 nitrogen and oxygen atoms in total. The highest BCUT2D eigenvalue weighted by Gasteiger charge is 2.45. The molecule has 30 heavy (non-hydrogen) atoms. The average Bonchev–Trinajstić information content (AvgIpc) is 2.73. The van der Waals surface area contributed by atoms with Gasteiger partial charge in [-0.1, -0.05) is 43.3 Å². The fraction of sp³-hybridized carbons (Fsp3) is 0.429. The average molecular weight is 438 g/mol. The summed E-state index contributed by atoms with van der Waals surface area (Å²) in [6.07, 6.45) is -6.73. The second-order valence-electron chi connectivity index (χ2n) is 7.39. The Bertz CT molecular complexity index is 881. The zero-order valence-electron chi connectivity index (χ0n) is 16.5. The van der Waals surface area contributed by atoms with Crippen molar-refractivity contribution in [1.82, 2.24) is 0 Å². The lowest BCUT2D eigenvalue weighted by atomic mass is 9.97. The van der Waals surface area contributed by atoms with Crippen LogP contribution < -0.4 is 4.74 Å². The quantitative estimate of drug-likeness (QED) is 0.412. The zero-order chi connectivity index (χ0) is 21.9. The van der Waals surface area contributed by atoms with Crippen LogP contribution in [0.5, 0.6) is 5.75 Å². The molecule has 0 radical (unpaired) electrons. The van der Waals surface area contributed by atoms with Gasteiger partial charge in [-0.15, -0.1) is 0 Å². The van der Waals surface area contributed by atoms with Gasteiger partial charge in [-0.2, -0.15) is 0 Å². The van der Waals surface area contributed by atoms with E-state index < -0.39 is 44.5 Å². The highest BCUT2D eigenvalue weighted by Crippen LogP contribution is 2.37. The summed E-state index contributed by atoms with van der Waals surface area (Å²) in [5.41, 5.74) is 3.27. The maximum absolute atomic E-state index is 11.1. The Morgan fingerprint density at radius 1 is 0.967 bits per heavy atom. The van der Waals surface area contributed by atoms with E-state index in [-0.39, 0.29) is 6.42 Å². The number of aliphatic hydroxyl groups is 3. The molecule has 5 atom stereocenters. The van der Waals surface area contributed by atoms with Crippen molar-refractivity contribution in [3.05, 3.63) is 54.1 Å². The SMILES string of the molecule is CCc1cccc(-c2ccc(O[C@H]3O[C@H](CCP(=O)(O)O)[C@@H](O)[C@H](O)[C@@H]3O)cc2)c1. The van der Waals surface area contributed by atoms with E-state index in [1.807, 2.05) is 24.3 Å². The van der Waals surface area contributed by atoms with Crippen molar-refractivity contribution < 1.29 is 39.1 Å². The van der Waals surface area contributed by atoms with Crippen molar-refractivity contribution in [1.29, 1.82) is 0 Å². The smallest absolute Gasteiger partial charge is 0.325 e. The molecule has 0 aromatic heterocycles. The Hall–Kier alpha value is -1.77. The molecule has 0 spiro atoms. The molecule has 0 saturated carbocycles. The van der Waals surface area contributed by atoms with E-state index >= 15 is 0 Å². The molecule has 164 valence electrons. The summed E-state index contributed by atoms with van der Waals surface area (Å²) in [7, 11) is -4.30. The maximum atomic E-state index is 11.1. The minimum atomic E-state index is -4.30.